The molecule has 7 nitrogen and oxygen atoms in total. The van der Waals surface area contributed by atoms with Crippen molar-refractivity contribution in [3.8, 4) is 0 Å². The molecule has 0 spiro atoms. The van der Waals surface area contributed by atoms with Crippen molar-refractivity contribution in [3.63, 3.8) is 0 Å². The molecule has 1 heterocycles. The van der Waals surface area contributed by atoms with Crippen molar-refractivity contribution >= 4 is 0 Å². The molecule has 14 heavy (non-hydrogen) atoms. The van der Waals surface area contributed by atoms with Gasteiger partial charge in [-0.3, -0.25) is 9.97 Å². The fourth-order valence-electron chi connectivity index (χ4n) is 0.880. The van der Waals surface area contributed by atoms with Crippen LogP contribution in [0.1, 0.15) is 11.8 Å². The zero-order valence-electron chi connectivity index (χ0n) is 7.22. The fraction of sp³-hybridized carbons (Fsp3) is 0.429. The number of aliphatic hydroxyl groups excluding tert-OH is 2. The van der Waals surface area contributed by atoms with Crippen LogP contribution in [0.3, 0.4) is 0 Å². The quantitative estimate of drug-likeness (QED) is 0.405. The van der Waals surface area contributed by atoms with Gasteiger partial charge in [-0.15, -0.1) is 0 Å². The maximum Gasteiger partial charge on any atom is 0.123 e. The van der Waals surface area contributed by atoms with Crippen molar-refractivity contribution in [1.29, 1.82) is 0 Å². The lowest BCUT2D eigenvalue weighted by molar-refractivity contribution is 0.0215. The fourth-order valence-corrected chi connectivity index (χ4v) is 0.880. The van der Waals surface area contributed by atoms with Crippen LogP contribution in [0.4, 0.5) is 0 Å². The third kappa shape index (κ3) is 2.67. The van der Waals surface area contributed by atoms with Crippen molar-refractivity contribution in [2.45, 2.75) is 12.2 Å². The molecule has 0 fully saturated rings. The molecule has 0 amide bonds. The van der Waals surface area contributed by atoms with Gasteiger partial charge in [0, 0.05) is 17.3 Å². The number of hydrogen-bond acceptors (Lipinski definition) is 5. The summed E-state index contributed by atoms with van der Waals surface area (Å²) in [6, 6.07) is 0. The van der Waals surface area contributed by atoms with Crippen LogP contribution < -0.4 is 0 Å². The summed E-state index contributed by atoms with van der Waals surface area (Å²) in [7, 11) is 0. The summed E-state index contributed by atoms with van der Waals surface area (Å²) in [4.78, 5) is 10.0. The molecule has 7 heteroatoms. The number of hydrogen-bond donors (Lipinski definition) is 2. The van der Waals surface area contributed by atoms with Crippen LogP contribution in [0.2, 0.25) is 0 Å². The van der Waals surface area contributed by atoms with Gasteiger partial charge in [-0.1, -0.05) is 5.11 Å². The molecule has 1 rings (SSSR count). The van der Waals surface area contributed by atoms with Crippen molar-refractivity contribution in [3.05, 3.63) is 34.7 Å². The van der Waals surface area contributed by atoms with Gasteiger partial charge in [0.1, 0.15) is 6.10 Å². The molecule has 1 aromatic heterocycles. The molecule has 2 unspecified atom stereocenters. The highest BCUT2D eigenvalue weighted by molar-refractivity contribution is 5.01. The molecule has 2 atom stereocenters. The topological polar surface area (TPSA) is 115 Å². The number of nitrogens with zero attached hydrogens (tertiary/aromatic N) is 5. The van der Waals surface area contributed by atoms with Gasteiger partial charge >= 0.3 is 0 Å². The Labute approximate surface area is 79.7 Å². The first kappa shape index (κ1) is 10.4. The van der Waals surface area contributed by atoms with E-state index in [0.717, 1.165) is 0 Å². The van der Waals surface area contributed by atoms with Gasteiger partial charge in [0.15, 0.2) is 0 Å². The highest BCUT2D eigenvalue weighted by atomic mass is 16.3. The second-order valence-electron chi connectivity index (χ2n) is 2.56. The Morgan fingerprint density at radius 3 is 2.86 bits per heavy atom. The van der Waals surface area contributed by atoms with Crippen LogP contribution in [0, 0.1) is 0 Å². The van der Waals surface area contributed by atoms with E-state index in [0.29, 0.717) is 0 Å². The van der Waals surface area contributed by atoms with E-state index in [2.05, 4.69) is 20.0 Å². The van der Waals surface area contributed by atoms with Gasteiger partial charge in [0.2, 0.25) is 0 Å². The summed E-state index contributed by atoms with van der Waals surface area (Å²) in [5, 5.41) is 21.9. The van der Waals surface area contributed by atoms with E-state index < -0.39 is 12.2 Å². The van der Waals surface area contributed by atoms with Crippen molar-refractivity contribution in [1.82, 2.24) is 9.97 Å². The number of rotatable bonds is 4. The minimum absolute atomic E-state index is 0.200. The predicted molar refractivity (Wildman–Crippen MR) is 47.0 cm³/mol. The van der Waals surface area contributed by atoms with Crippen molar-refractivity contribution < 1.29 is 10.2 Å². The Bertz CT molecular complexity index is 324. The van der Waals surface area contributed by atoms with Crippen LogP contribution in [0.25, 0.3) is 10.4 Å². The second kappa shape index (κ2) is 5.13. The highest BCUT2D eigenvalue weighted by Gasteiger charge is 2.18. The van der Waals surface area contributed by atoms with E-state index in [4.69, 9.17) is 5.53 Å². The second-order valence-corrected chi connectivity index (χ2v) is 2.56. The molecule has 0 aliphatic rings. The van der Waals surface area contributed by atoms with E-state index in [1.807, 2.05) is 0 Å². The predicted octanol–water partition coefficient (Wildman–Crippen LogP) is 0.181. The molecule has 1 aromatic rings. The first-order valence-electron chi connectivity index (χ1n) is 3.88. The SMILES string of the molecule is [N-]=[N+]=NCC(O)C(O)c1cnccn1. The summed E-state index contributed by atoms with van der Waals surface area (Å²) in [5.74, 6) is 0. The molecule has 0 saturated carbocycles. The number of azide groups is 1. The first-order valence-corrected chi connectivity index (χ1v) is 3.88. The number of aromatic nitrogens is 2. The van der Waals surface area contributed by atoms with E-state index in [9.17, 15) is 10.2 Å². The molecule has 0 aliphatic carbocycles. The third-order valence-electron chi connectivity index (χ3n) is 1.58. The average molecular weight is 195 g/mol. The zero-order chi connectivity index (χ0) is 10.4. The summed E-state index contributed by atoms with van der Waals surface area (Å²) < 4.78 is 0. The molecule has 0 aliphatic heterocycles. The molecule has 74 valence electrons. The maximum absolute atomic E-state index is 9.48. The van der Waals surface area contributed by atoms with E-state index in [-0.39, 0.29) is 12.2 Å². The monoisotopic (exact) mass is 195 g/mol. The van der Waals surface area contributed by atoms with Crippen LogP contribution in [0.15, 0.2) is 23.7 Å². The summed E-state index contributed by atoms with van der Waals surface area (Å²) in [5.41, 5.74) is 8.25. The van der Waals surface area contributed by atoms with Gasteiger partial charge in [-0.25, -0.2) is 0 Å². The van der Waals surface area contributed by atoms with E-state index >= 15 is 0 Å². The lowest BCUT2D eigenvalue weighted by atomic mass is 10.1. The molecular weight excluding hydrogens is 186 g/mol. The first-order chi connectivity index (χ1) is 6.75. The highest BCUT2D eigenvalue weighted by Crippen LogP contribution is 2.12. The Morgan fingerprint density at radius 2 is 2.29 bits per heavy atom. The van der Waals surface area contributed by atoms with Crippen LogP contribution >= 0.6 is 0 Å². The summed E-state index contributed by atoms with van der Waals surface area (Å²) >= 11 is 0. The zero-order valence-corrected chi connectivity index (χ0v) is 7.22. The lowest BCUT2D eigenvalue weighted by Gasteiger charge is -2.14. The smallest absolute Gasteiger partial charge is 0.123 e. The minimum atomic E-state index is -1.19. The van der Waals surface area contributed by atoms with Crippen molar-refractivity contribution in [2.75, 3.05) is 6.54 Å². The normalized spacial score (nSPS) is 14.1. The van der Waals surface area contributed by atoms with Crippen LogP contribution in [-0.4, -0.2) is 32.8 Å². The Morgan fingerprint density at radius 1 is 1.50 bits per heavy atom. The molecular formula is C7H9N5O2. The Kier molecular flexibility index (Phi) is 3.81. The summed E-state index contributed by atoms with van der Waals surface area (Å²) in [6.45, 7) is -0.200. The molecule has 0 radical (unpaired) electrons. The van der Waals surface area contributed by atoms with Gasteiger partial charge in [-0.05, 0) is 5.53 Å². The third-order valence-corrected chi connectivity index (χ3v) is 1.58. The molecule has 2 N–H and O–H groups in total. The molecule has 0 bridgehead atoms. The lowest BCUT2D eigenvalue weighted by Crippen LogP contribution is -2.22. The van der Waals surface area contributed by atoms with Gasteiger partial charge < -0.3 is 10.2 Å². The van der Waals surface area contributed by atoms with Gasteiger partial charge in [0.25, 0.3) is 0 Å². The van der Waals surface area contributed by atoms with Crippen LogP contribution in [-0.2, 0) is 0 Å². The largest absolute Gasteiger partial charge is 0.390 e. The van der Waals surface area contributed by atoms with Gasteiger partial charge in [0.05, 0.1) is 24.5 Å². The standard InChI is InChI=1S/C7H9N5O2/c8-12-11-4-6(13)7(14)5-3-9-1-2-10-5/h1-3,6-7,13-14H,4H2. The maximum atomic E-state index is 9.48. The minimum Gasteiger partial charge on any atom is -0.390 e. The Hall–Kier alpha value is -1.69. The number of aliphatic hydroxyl groups is 2. The van der Waals surface area contributed by atoms with Gasteiger partial charge in [-0.2, -0.15) is 0 Å². The van der Waals surface area contributed by atoms with Crippen LogP contribution in [0.5, 0.6) is 0 Å². The molecule has 0 aromatic carbocycles. The Balaban J connectivity index is 2.65. The van der Waals surface area contributed by atoms with E-state index in [1.165, 1.54) is 18.6 Å². The average Bonchev–Trinajstić information content (AvgIpc) is 2.26. The van der Waals surface area contributed by atoms with Crippen molar-refractivity contribution in [2.24, 2.45) is 5.11 Å². The van der Waals surface area contributed by atoms with E-state index in [1.54, 1.807) is 0 Å². The molecule has 0 saturated heterocycles. The summed E-state index contributed by atoms with van der Waals surface area (Å²) in [6.07, 6.45) is 1.84.